The van der Waals surface area contributed by atoms with Crippen LogP contribution in [0.4, 0.5) is 0 Å². The topological polar surface area (TPSA) is 66.6 Å². The maximum atomic E-state index is 12.8. The lowest BCUT2D eigenvalue weighted by Gasteiger charge is -2.37. The predicted octanol–water partition coefficient (Wildman–Crippen LogP) is 0.879. The number of hydrogen-bond acceptors (Lipinski definition) is 3. The zero-order chi connectivity index (χ0) is 12.8. The lowest BCUT2D eigenvalue weighted by atomic mass is 9.82. The first-order chi connectivity index (χ1) is 8.57. The number of nitrogens with two attached hydrogens (primary N) is 1. The number of carbonyl (C=O) groups excluding carboxylic acids is 1. The van der Waals surface area contributed by atoms with Gasteiger partial charge in [-0.05, 0) is 50.9 Å². The Morgan fingerprint density at radius 2 is 2.06 bits per heavy atom. The number of aliphatic hydroxyl groups excluding tert-OH is 1. The predicted molar refractivity (Wildman–Crippen MR) is 68.8 cm³/mol. The Hall–Kier alpha value is -0.610. The van der Waals surface area contributed by atoms with Crippen molar-refractivity contribution in [3.05, 3.63) is 0 Å². The lowest BCUT2D eigenvalue weighted by molar-refractivity contribution is -0.144. The fourth-order valence-corrected chi connectivity index (χ4v) is 4.28. The summed E-state index contributed by atoms with van der Waals surface area (Å²) < 4.78 is 0. The highest BCUT2D eigenvalue weighted by Gasteiger charge is 2.57. The third-order valence-corrected chi connectivity index (χ3v) is 5.41. The van der Waals surface area contributed by atoms with Crippen molar-refractivity contribution in [2.24, 2.45) is 17.1 Å². The standard InChI is InChI=1S/C14H24N2O2/c15-14-5-3-13(10-14,4-6-14)12(18)16-7-1-2-11(8-16)9-17/h11,17H,1-10,15H2. The first-order valence-corrected chi connectivity index (χ1v) is 7.26. The number of amides is 1. The molecule has 1 heterocycles. The molecule has 1 atom stereocenters. The highest BCUT2D eigenvalue weighted by Crippen LogP contribution is 2.56. The average molecular weight is 252 g/mol. The lowest BCUT2D eigenvalue weighted by Crippen LogP contribution is -2.47. The summed E-state index contributed by atoms with van der Waals surface area (Å²) >= 11 is 0. The summed E-state index contributed by atoms with van der Waals surface area (Å²) in [4.78, 5) is 14.8. The molecule has 0 radical (unpaired) electrons. The number of piperidine rings is 1. The molecule has 2 aliphatic carbocycles. The summed E-state index contributed by atoms with van der Waals surface area (Å²) in [6.45, 7) is 1.82. The van der Waals surface area contributed by atoms with Gasteiger partial charge in [0.25, 0.3) is 0 Å². The van der Waals surface area contributed by atoms with Gasteiger partial charge in [0.05, 0.1) is 5.41 Å². The second-order valence-electron chi connectivity index (χ2n) is 6.76. The van der Waals surface area contributed by atoms with Crippen LogP contribution >= 0.6 is 0 Å². The van der Waals surface area contributed by atoms with Gasteiger partial charge >= 0.3 is 0 Å². The smallest absolute Gasteiger partial charge is 0.228 e. The van der Waals surface area contributed by atoms with Gasteiger partial charge in [-0.2, -0.15) is 0 Å². The second kappa shape index (κ2) is 4.20. The number of rotatable bonds is 2. The molecule has 3 N–H and O–H groups in total. The number of carbonyl (C=O) groups is 1. The molecular weight excluding hydrogens is 228 g/mol. The maximum absolute atomic E-state index is 12.8. The minimum absolute atomic E-state index is 0.0537. The SMILES string of the molecule is NC12CCC(C(=O)N3CCCC(CO)C3)(CC1)C2. The van der Waals surface area contributed by atoms with E-state index in [0.717, 1.165) is 58.0 Å². The Morgan fingerprint density at radius 3 is 2.61 bits per heavy atom. The van der Waals surface area contributed by atoms with Gasteiger partial charge in [-0.15, -0.1) is 0 Å². The molecule has 3 aliphatic rings. The van der Waals surface area contributed by atoms with Crippen LogP contribution in [0.15, 0.2) is 0 Å². The van der Waals surface area contributed by atoms with Gasteiger partial charge in [0.2, 0.25) is 5.91 Å². The van der Waals surface area contributed by atoms with Crippen LogP contribution in [0.25, 0.3) is 0 Å². The molecule has 3 fully saturated rings. The van der Waals surface area contributed by atoms with Crippen LogP contribution in [0, 0.1) is 11.3 Å². The van der Waals surface area contributed by atoms with Gasteiger partial charge in [-0.1, -0.05) is 0 Å². The normalized spacial score (nSPS) is 43.4. The van der Waals surface area contributed by atoms with Crippen LogP contribution in [-0.2, 0) is 4.79 Å². The summed E-state index contributed by atoms with van der Waals surface area (Å²) in [5.41, 5.74) is 6.09. The maximum Gasteiger partial charge on any atom is 0.228 e. The molecule has 4 nitrogen and oxygen atoms in total. The first-order valence-electron chi connectivity index (χ1n) is 7.26. The summed E-state index contributed by atoms with van der Waals surface area (Å²) in [5.74, 6) is 0.606. The van der Waals surface area contributed by atoms with Crippen LogP contribution in [0.3, 0.4) is 0 Å². The fourth-order valence-electron chi connectivity index (χ4n) is 4.28. The van der Waals surface area contributed by atoms with E-state index in [-0.39, 0.29) is 23.5 Å². The number of nitrogens with zero attached hydrogens (tertiary/aromatic N) is 1. The van der Waals surface area contributed by atoms with Gasteiger partial charge in [-0.3, -0.25) is 4.79 Å². The van der Waals surface area contributed by atoms with Crippen molar-refractivity contribution in [3.63, 3.8) is 0 Å². The van der Waals surface area contributed by atoms with Crippen molar-refractivity contribution < 1.29 is 9.90 Å². The van der Waals surface area contributed by atoms with Crippen LogP contribution in [0.5, 0.6) is 0 Å². The van der Waals surface area contributed by atoms with Crippen LogP contribution in [-0.4, -0.2) is 41.1 Å². The van der Waals surface area contributed by atoms with Crippen LogP contribution in [0.1, 0.15) is 44.9 Å². The van der Waals surface area contributed by atoms with E-state index in [1.807, 2.05) is 4.90 Å². The minimum Gasteiger partial charge on any atom is -0.396 e. The third-order valence-electron chi connectivity index (χ3n) is 5.41. The molecule has 3 rings (SSSR count). The molecule has 0 aromatic rings. The van der Waals surface area contributed by atoms with Crippen molar-refractivity contribution in [1.29, 1.82) is 0 Å². The molecule has 1 aliphatic heterocycles. The van der Waals surface area contributed by atoms with E-state index in [9.17, 15) is 9.90 Å². The highest BCUT2D eigenvalue weighted by atomic mass is 16.3. The molecule has 1 amide bonds. The van der Waals surface area contributed by atoms with Crippen LogP contribution in [0.2, 0.25) is 0 Å². The van der Waals surface area contributed by atoms with Crippen molar-refractivity contribution >= 4 is 5.91 Å². The number of fused-ring (bicyclic) bond motifs is 2. The molecule has 2 bridgehead atoms. The fraction of sp³-hybridized carbons (Fsp3) is 0.929. The number of aliphatic hydroxyl groups is 1. The van der Waals surface area contributed by atoms with E-state index in [4.69, 9.17) is 5.73 Å². The molecule has 0 spiro atoms. The largest absolute Gasteiger partial charge is 0.396 e. The second-order valence-corrected chi connectivity index (χ2v) is 6.76. The Bertz CT molecular complexity index is 348. The van der Waals surface area contributed by atoms with Crippen molar-refractivity contribution in [3.8, 4) is 0 Å². The van der Waals surface area contributed by atoms with Gasteiger partial charge in [-0.25, -0.2) is 0 Å². The molecular formula is C14H24N2O2. The summed E-state index contributed by atoms with van der Waals surface area (Å²) in [6.07, 6.45) is 6.94. The van der Waals surface area contributed by atoms with Crippen LogP contribution < -0.4 is 5.73 Å². The van der Waals surface area contributed by atoms with Gasteiger partial charge in [0.15, 0.2) is 0 Å². The molecule has 0 aromatic heterocycles. The Balaban J connectivity index is 1.71. The third kappa shape index (κ3) is 1.86. The summed E-state index contributed by atoms with van der Waals surface area (Å²) in [6, 6.07) is 0. The number of likely N-dealkylation sites (tertiary alicyclic amines) is 1. The quantitative estimate of drug-likeness (QED) is 0.766. The Labute approximate surface area is 109 Å². The van der Waals surface area contributed by atoms with E-state index < -0.39 is 0 Å². The highest BCUT2D eigenvalue weighted by molar-refractivity contribution is 5.84. The summed E-state index contributed by atoms with van der Waals surface area (Å²) in [7, 11) is 0. The number of hydrogen-bond donors (Lipinski definition) is 2. The monoisotopic (exact) mass is 252 g/mol. The van der Waals surface area contributed by atoms with E-state index in [2.05, 4.69) is 0 Å². The van der Waals surface area contributed by atoms with E-state index in [0.29, 0.717) is 5.91 Å². The zero-order valence-corrected chi connectivity index (χ0v) is 11.0. The average Bonchev–Trinajstić information content (AvgIpc) is 2.92. The molecule has 1 unspecified atom stereocenters. The van der Waals surface area contributed by atoms with Gasteiger partial charge < -0.3 is 15.7 Å². The van der Waals surface area contributed by atoms with Crippen molar-refractivity contribution in [2.75, 3.05) is 19.7 Å². The minimum atomic E-state index is -0.147. The van der Waals surface area contributed by atoms with Crippen molar-refractivity contribution in [2.45, 2.75) is 50.5 Å². The molecule has 1 saturated heterocycles. The molecule has 2 saturated carbocycles. The van der Waals surface area contributed by atoms with Gasteiger partial charge in [0, 0.05) is 25.2 Å². The van der Waals surface area contributed by atoms with E-state index in [1.165, 1.54) is 0 Å². The van der Waals surface area contributed by atoms with Gasteiger partial charge in [0.1, 0.15) is 0 Å². The molecule has 0 aromatic carbocycles. The molecule has 102 valence electrons. The first kappa shape index (κ1) is 12.4. The van der Waals surface area contributed by atoms with E-state index >= 15 is 0 Å². The molecule has 4 heteroatoms. The Morgan fingerprint density at radius 1 is 1.33 bits per heavy atom. The Kier molecular flexibility index (Phi) is 2.90. The zero-order valence-electron chi connectivity index (χ0n) is 11.0. The van der Waals surface area contributed by atoms with Crippen molar-refractivity contribution in [1.82, 2.24) is 4.90 Å². The summed E-state index contributed by atoms with van der Waals surface area (Å²) in [5, 5.41) is 9.27. The van der Waals surface area contributed by atoms with E-state index in [1.54, 1.807) is 0 Å². The molecule has 18 heavy (non-hydrogen) atoms.